The molecule has 2 N–H and O–H groups in total. The van der Waals surface area contributed by atoms with E-state index in [1.165, 1.54) is 0 Å². The molecule has 20 heavy (non-hydrogen) atoms. The van der Waals surface area contributed by atoms with Gasteiger partial charge >= 0.3 is 5.97 Å². The highest BCUT2D eigenvalue weighted by atomic mass is 16.4. The molecule has 0 amide bonds. The van der Waals surface area contributed by atoms with Gasteiger partial charge in [-0.15, -0.1) is 0 Å². The Balaban J connectivity index is 4.62. The first-order chi connectivity index (χ1) is 9.12. The van der Waals surface area contributed by atoms with Crippen molar-refractivity contribution in [2.75, 3.05) is 33.7 Å². The Hall–Kier alpha value is -0.650. The number of carboxylic acids is 1. The molecule has 0 bridgehead atoms. The van der Waals surface area contributed by atoms with Crippen LogP contribution in [-0.2, 0) is 4.79 Å². The molecule has 2 unspecified atom stereocenters. The van der Waals surface area contributed by atoms with E-state index in [4.69, 9.17) is 0 Å². The Labute approximate surface area is 124 Å². The van der Waals surface area contributed by atoms with E-state index in [0.717, 1.165) is 19.6 Å². The molecule has 0 radical (unpaired) electrons. The fourth-order valence-electron chi connectivity index (χ4n) is 2.58. The first-order valence-corrected chi connectivity index (χ1v) is 7.52. The van der Waals surface area contributed by atoms with Gasteiger partial charge in [-0.1, -0.05) is 6.92 Å². The predicted molar refractivity (Wildman–Crippen MR) is 84.2 cm³/mol. The first-order valence-electron chi connectivity index (χ1n) is 7.52. The lowest BCUT2D eigenvalue weighted by atomic mass is 9.96. The molecule has 0 aliphatic rings. The van der Waals surface area contributed by atoms with Crippen LogP contribution in [0.15, 0.2) is 0 Å². The summed E-state index contributed by atoms with van der Waals surface area (Å²) in [7, 11) is 4.12. The number of carboxylic acid groups (broad SMARTS) is 1. The van der Waals surface area contributed by atoms with Crippen molar-refractivity contribution in [1.29, 1.82) is 0 Å². The normalized spacial score (nSPS) is 16.7. The maximum absolute atomic E-state index is 11.5. The zero-order valence-corrected chi connectivity index (χ0v) is 14.2. The third-order valence-corrected chi connectivity index (χ3v) is 3.64. The molecule has 0 saturated carbocycles. The number of aliphatic carboxylic acids is 1. The van der Waals surface area contributed by atoms with Crippen molar-refractivity contribution in [2.24, 2.45) is 0 Å². The Morgan fingerprint density at radius 3 is 2.20 bits per heavy atom. The van der Waals surface area contributed by atoms with Crippen molar-refractivity contribution in [3.63, 3.8) is 0 Å². The zero-order chi connectivity index (χ0) is 15.9. The van der Waals surface area contributed by atoms with E-state index < -0.39 is 11.5 Å². The van der Waals surface area contributed by atoms with Crippen LogP contribution in [0.4, 0.5) is 0 Å². The van der Waals surface area contributed by atoms with Crippen LogP contribution in [0.1, 0.15) is 41.0 Å². The summed E-state index contributed by atoms with van der Waals surface area (Å²) >= 11 is 0. The Bertz CT molecular complexity index is 295. The number of nitrogens with one attached hydrogen (secondary N) is 1. The molecule has 0 aromatic rings. The zero-order valence-electron chi connectivity index (χ0n) is 14.2. The summed E-state index contributed by atoms with van der Waals surface area (Å²) in [5.41, 5.74) is -0.862. The van der Waals surface area contributed by atoms with E-state index in [9.17, 15) is 9.90 Å². The number of nitrogens with zero attached hydrogens (tertiary/aromatic N) is 2. The van der Waals surface area contributed by atoms with E-state index in [2.05, 4.69) is 43.1 Å². The maximum atomic E-state index is 11.5. The van der Waals surface area contributed by atoms with Gasteiger partial charge in [0.2, 0.25) is 0 Å². The molecular formula is C15H33N3O2. The van der Waals surface area contributed by atoms with Crippen LogP contribution in [0.5, 0.6) is 0 Å². The molecule has 0 aromatic heterocycles. The van der Waals surface area contributed by atoms with Crippen molar-refractivity contribution in [3.8, 4) is 0 Å². The lowest BCUT2D eigenvalue weighted by Crippen LogP contribution is -2.54. The minimum Gasteiger partial charge on any atom is -0.480 e. The monoisotopic (exact) mass is 287 g/mol. The molecule has 5 nitrogen and oxygen atoms in total. The molecule has 5 heteroatoms. The summed E-state index contributed by atoms with van der Waals surface area (Å²) in [5, 5.41) is 12.6. The summed E-state index contributed by atoms with van der Waals surface area (Å²) < 4.78 is 0. The number of rotatable bonds is 10. The van der Waals surface area contributed by atoms with Crippen LogP contribution in [0.25, 0.3) is 0 Å². The average Bonchev–Trinajstić information content (AvgIpc) is 2.27. The highest BCUT2D eigenvalue weighted by Gasteiger charge is 2.33. The van der Waals surface area contributed by atoms with Gasteiger partial charge in [0.1, 0.15) is 5.54 Å². The second kappa shape index (κ2) is 8.60. The van der Waals surface area contributed by atoms with Crippen LogP contribution in [0.3, 0.4) is 0 Å². The Morgan fingerprint density at radius 1 is 1.30 bits per heavy atom. The smallest absolute Gasteiger partial charge is 0.323 e. The lowest BCUT2D eigenvalue weighted by Gasteiger charge is -2.34. The van der Waals surface area contributed by atoms with Crippen LogP contribution in [-0.4, -0.2) is 72.2 Å². The number of hydrogen-bond donors (Lipinski definition) is 2. The van der Waals surface area contributed by atoms with Gasteiger partial charge in [0.15, 0.2) is 0 Å². The van der Waals surface area contributed by atoms with Crippen molar-refractivity contribution in [2.45, 2.75) is 58.7 Å². The number of hydrogen-bond acceptors (Lipinski definition) is 4. The molecule has 0 aliphatic carbocycles. The van der Waals surface area contributed by atoms with Gasteiger partial charge in [-0.2, -0.15) is 0 Å². The van der Waals surface area contributed by atoms with Crippen molar-refractivity contribution in [3.05, 3.63) is 0 Å². The number of carbonyl (C=O) groups is 1. The summed E-state index contributed by atoms with van der Waals surface area (Å²) in [6.45, 7) is 12.8. The summed E-state index contributed by atoms with van der Waals surface area (Å²) in [6.07, 6.45) is 0.603. The SMILES string of the molecule is CCN(CCC(C)(NC(C)C)C(=O)O)C(C)CN(C)C. The topological polar surface area (TPSA) is 55.8 Å². The Morgan fingerprint density at radius 2 is 1.85 bits per heavy atom. The van der Waals surface area contributed by atoms with Gasteiger partial charge in [0, 0.05) is 25.2 Å². The molecule has 0 aliphatic heterocycles. The molecule has 0 rings (SSSR count). The van der Waals surface area contributed by atoms with Gasteiger partial charge in [-0.05, 0) is 54.8 Å². The summed E-state index contributed by atoms with van der Waals surface area (Å²) in [5.74, 6) is -0.775. The minimum absolute atomic E-state index is 0.158. The van der Waals surface area contributed by atoms with E-state index in [0.29, 0.717) is 12.5 Å². The highest BCUT2D eigenvalue weighted by Crippen LogP contribution is 2.14. The molecule has 0 spiro atoms. The average molecular weight is 287 g/mol. The van der Waals surface area contributed by atoms with Crippen molar-refractivity contribution in [1.82, 2.24) is 15.1 Å². The highest BCUT2D eigenvalue weighted by molar-refractivity contribution is 5.78. The lowest BCUT2D eigenvalue weighted by molar-refractivity contribution is -0.145. The summed E-state index contributed by atoms with van der Waals surface area (Å²) in [6, 6.07) is 0.581. The molecule has 0 saturated heterocycles. The third kappa shape index (κ3) is 6.68. The van der Waals surface area contributed by atoms with E-state index in [-0.39, 0.29) is 6.04 Å². The molecule has 120 valence electrons. The van der Waals surface area contributed by atoms with Gasteiger partial charge in [0.25, 0.3) is 0 Å². The standard InChI is InChI=1S/C15H33N3O2/c1-8-18(13(4)11-17(6)7)10-9-15(5,14(19)20)16-12(2)3/h12-13,16H,8-11H2,1-7H3,(H,19,20). The maximum Gasteiger partial charge on any atom is 0.323 e. The third-order valence-electron chi connectivity index (χ3n) is 3.64. The first kappa shape index (κ1) is 19.4. The fraction of sp³-hybridized carbons (Fsp3) is 0.933. The van der Waals surface area contributed by atoms with Crippen molar-refractivity contribution < 1.29 is 9.90 Å². The van der Waals surface area contributed by atoms with E-state index >= 15 is 0 Å². The largest absolute Gasteiger partial charge is 0.480 e. The molecule has 0 aromatic carbocycles. The second-order valence-corrected chi connectivity index (χ2v) is 6.43. The van der Waals surface area contributed by atoms with Gasteiger partial charge in [-0.3, -0.25) is 15.0 Å². The predicted octanol–water partition coefficient (Wildman–Crippen LogP) is 1.49. The summed E-state index contributed by atoms with van der Waals surface area (Å²) in [4.78, 5) is 16.0. The van der Waals surface area contributed by atoms with E-state index in [1.54, 1.807) is 6.92 Å². The van der Waals surface area contributed by atoms with Crippen LogP contribution < -0.4 is 5.32 Å². The van der Waals surface area contributed by atoms with Crippen LogP contribution in [0.2, 0.25) is 0 Å². The molecule has 2 atom stereocenters. The number of likely N-dealkylation sites (N-methyl/N-ethyl adjacent to an activating group) is 2. The Kier molecular flexibility index (Phi) is 8.32. The van der Waals surface area contributed by atoms with Gasteiger partial charge in [0.05, 0.1) is 0 Å². The van der Waals surface area contributed by atoms with Crippen molar-refractivity contribution >= 4 is 5.97 Å². The minimum atomic E-state index is -0.862. The molecule has 0 fully saturated rings. The van der Waals surface area contributed by atoms with Crippen LogP contribution >= 0.6 is 0 Å². The fourth-order valence-corrected chi connectivity index (χ4v) is 2.58. The molecular weight excluding hydrogens is 254 g/mol. The molecule has 0 heterocycles. The second-order valence-electron chi connectivity index (χ2n) is 6.43. The van der Waals surface area contributed by atoms with E-state index in [1.807, 2.05) is 13.8 Å². The van der Waals surface area contributed by atoms with Gasteiger partial charge < -0.3 is 10.0 Å². The van der Waals surface area contributed by atoms with Crippen LogP contribution in [0, 0.1) is 0 Å². The van der Waals surface area contributed by atoms with Gasteiger partial charge in [-0.25, -0.2) is 0 Å². The quantitative estimate of drug-likeness (QED) is 0.637.